The highest BCUT2D eigenvalue weighted by Gasteiger charge is 2.28. The van der Waals surface area contributed by atoms with E-state index >= 15 is 0 Å². The lowest BCUT2D eigenvalue weighted by atomic mass is 10.1. The van der Waals surface area contributed by atoms with Crippen molar-refractivity contribution in [3.8, 4) is 0 Å². The molecule has 0 bridgehead atoms. The van der Waals surface area contributed by atoms with Crippen molar-refractivity contribution in [2.24, 2.45) is 0 Å². The summed E-state index contributed by atoms with van der Waals surface area (Å²) in [6, 6.07) is 4.84. The number of benzene rings is 1. The summed E-state index contributed by atoms with van der Waals surface area (Å²) >= 11 is 5.26. The molecule has 2 aliphatic rings. The smallest absolute Gasteiger partial charge is 0.270 e. The van der Waals surface area contributed by atoms with Gasteiger partial charge in [-0.1, -0.05) is 0 Å². The van der Waals surface area contributed by atoms with Crippen molar-refractivity contribution in [2.75, 3.05) is 18.0 Å². The molecule has 0 atom stereocenters. The van der Waals surface area contributed by atoms with Crippen molar-refractivity contribution in [1.29, 1.82) is 0 Å². The molecule has 1 saturated heterocycles. The van der Waals surface area contributed by atoms with Crippen LogP contribution < -0.4 is 10.2 Å². The monoisotopic (exact) mass is 402 g/mol. The summed E-state index contributed by atoms with van der Waals surface area (Å²) in [6.07, 6.45) is 5.37. The molecule has 2 aromatic rings. The van der Waals surface area contributed by atoms with E-state index in [4.69, 9.17) is 12.2 Å². The summed E-state index contributed by atoms with van der Waals surface area (Å²) in [4.78, 5) is 25.8. The number of H-pyrrole nitrogens is 1. The minimum Gasteiger partial charge on any atom is -0.371 e. The molecular weight excluding hydrogens is 380 g/mol. The molecule has 2 N–H and O–H groups in total. The van der Waals surface area contributed by atoms with Gasteiger partial charge >= 0.3 is 0 Å². The zero-order valence-electron chi connectivity index (χ0n) is 15.4. The number of nitrogens with zero attached hydrogens (tertiary/aromatic N) is 4. The molecule has 9 nitrogen and oxygen atoms in total. The average molecular weight is 402 g/mol. The Balaban J connectivity index is 1.57. The van der Waals surface area contributed by atoms with Crippen LogP contribution in [0.25, 0.3) is 0 Å². The number of nitro benzene ring substituents is 1. The fourth-order valence-electron chi connectivity index (χ4n) is 3.66. The molecule has 0 radical (unpaired) electrons. The lowest BCUT2D eigenvalue weighted by Crippen LogP contribution is -2.33. The molecule has 1 aromatic carbocycles. The molecule has 10 heteroatoms. The highest BCUT2D eigenvalue weighted by Crippen LogP contribution is 2.35. The quantitative estimate of drug-likeness (QED) is 0.437. The number of aromatic nitrogens is 3. The lowest BCUT2D eigenvalue weighted by molar-refractivity contribution is -0.384. The Morgan fingerprint density at radius 1 is 1.32 bits per heavy atom. The van der Waals surface area contributed by atoms with Crippen LogP contribution in [0.3, 0.4) is 0 Å². The van der Waals surface area contributed by atoms with E-state index in [0.717, 1.165) is 50.9 Å². The topological polar surface area (TPSA) is 109 Å². The van der Waals surface area contributed by atoms with Gasteiger partial charge in [0.05, 0.1) is 22.7 Å². The molecule has 0 spiro atoms. The van der Waals surface area contributed by atoms with Gasteiger partial charge in [-0.05, 0) is 50.4 Å². The first-order valence-corrected chi connectivity index (χ1v) is 9.93. The van der Waals surface area contributed by atoms with Crippen LogP contribution in [0.5, 0.6) is 0 Å². The minimum absolute atomic E-state index is 0.0911. The summed E-state index contributed by atoms with van der Waals surface area (Å²) in [5.41, 5.74) is 0.971. The van der Waals surface area contributed by atoms with Crippen molar-refractivity contribution in [1.82, 2.24) is 20.1 Å². The number of nitrogens with one attached hydrogen (secondary N) is 2. The molecule has 0 unspecified atom stereocenters. The summed E-state index contributed by atoms with van der Waals surface area (Å²) in [5.74, 6) is 0.325. The maximum Gasteiger partial charge on any atom is 0.270 e. The molecule has 2 fully saturated rings. The molecule has 1 aliphatic carbocycles. The van der Waals surface area contributed by atoms with Crippen LogP contribution in [0.15, 0.2) is 18.2 Å². The Morgan fingerprint density at radius 2 is 2.07 bits per heavy atom. The SMILES string of the molecule is O=C(NCc1n[nH]c(=S)n1C1CC1)c1cc([N+](=O)[O-])ccc1N1CCCCC1. The number of nitro groups is 1. The molecule has 1 saturated carbocycles. The summed E-state index contributed by atoms with van der Waals surface area (Å²) in [5, 5.41) is 21.1. The van der Waals surface area contributed by atoms with Gasteiger partial charge in [-0.2, -0.15) is 5.10 Å². The lowest BCUT2D eigenvalue weighted by Gasteiger charge is -2.30. The number of hydrogen-bond acceptors (Lipinski definition) is 6. The van der Waals surface area contributed by atoms with Gasteiger partial charge in [-0.15, -0.1) is 0 Å². The number of anilines is 1. The largest absolute Gasteiger partial charge is 0.371 e. The van der Waals surface area contributed by atoms with Gasteiger partial charge in [-0.25, -0.2) is 0 Å². The summed E-state index contributed by atoms with van der Waals surface area (Å²) < 4.78 is 2.49. The zero-order valence-corrected chi connectivity index (χ0v) is 16.2. The van der Waals surface area contributed by atoms with E-state index in [0.29, 0.717) is 22.2 Å². The molecule has 1 aromatic heterocycles. The van der Waals surface area contributed by atoms with Crippen LogP contribution in [0.4, 0.5) is 11.4 Å². The van der Waals surface area contributed by atoms with Crippen LogP contribution >= 0.6 is 12.2 Å². The predicted octanol–water partition coefficient (Wildman–Crippen LogP) is 3.10. The highest BCUT2D eigenvalue weighted by atomic mass is 32.1. The second-order valence-corrected chi connectivity index (χ2v) is 7.62. The zero-order chi connectivity index (χ0) is 19.7. The predicted molar refractivity (Wildman–Crippen MR) is 106 cm³/mol. The minimum atomic E-state index is -0.477. The first kappa shape index (κ1) is 18.6. The molecular formula is C18H22N6O3S. The van der Waals surface area contributed by atoms with E-state index in [1.165, 1.54) is 12.1 Å². The van der Waals surface area contributed by atoms with Crippen molar-refractivity contribution >= 4 is 29.5 Å². The first-order chi connectivity index (χ1) is 13.5. The van der Waals surface area contributed by atoms with E-state index < -0.39 is 4.92 Å². The van der Waals surface area contributed by atoms with E-state index in [-0.39, 0.29) is 18.1 Å². The molecule has 2 heterocycles. The molecule has 1 aliphatic heterocycles. The Labute approximate surface area is 166 Å². The van der Waals surface area contributed by atoms with Crippen molar-refractivity contribution in [3.63, 3.8) is 0 Å². The van der Waals surface area contributed by atoms with Gasteiger partial charge in [0.1, 0.15) is 0 Å². The van der Waals surface area contributed by atoms with Gasteiger partial charge in [-0.3, -0.25) is 24.6 Å². The van der Waals surface area contributed by atoms with Gasteiger partial charge in [0.15, 0.2) is 10.6 Å². The van der Waals surface area contributed by atoms with E-state index in [2.05, 4.69) is 20.4 Å². The van der Waals surface area contributed by atoms with Crippen molar-refractivity contribution in [3.05, 3.63) is 44.5 Å². The van der Waals surface area contributed by atoms with Crippen LogP contribution in [-0.4, -0.2) is 38.7 Å². The average Bonchev–Trinajstić information content (AvgIpc) is 3.48. The molecule has 1 amide bonds. The molecule has 148 valence electrons. The van der Waals surface area contributed by atoms with Crippen LogP contribution in [0, 0.1) is 14.9 Å². The van der Waals surface area contributed by atoms with E-state index in [1.807, 2.05) is 4.57 Å². The van der Waals surface area contributed by atoms with Crippen LogP contribution in [0.2, 0.25) is 0 Å². The number of amides is 1. The second kappa shape index (κ2) is 7.70. The number of rotatable bonds is 6. The Kier molecular flexibility index (Phi) is 5.12. The Hall–Kier alpha value is -2.75. The van der Waals surface area contributed by atoms with Crippen LogP contribution in [-0.2, 0) is 6.54 Å². The third-order valence-electron chi connectivity index (χ3n) is 5.23. The number of piperidine rings is 1. The van der Waals surface area contributed by atoms with Crippen LogP contribution in [0.1, 0.15) is 54.3 Å². The number of non-ortho nitro benzene ring substituents is 1. The van der Waals surface area contributed by atoms with Gasteiger partial charge in [0.2, 0.25) is 0 Å². The fraction of sp³-hybridized carbons (Fsp3) is 0.500. The Bertz CT molecular complexity index is 958. The maximum atomic E-state index is 12.9. The number of hydrogen-bond donors (Lipinski definition) is 2. The van der Waals surface area contributed by atoms with E-state index in [9.17, 15) is 14.9 Å². The van der Waals surface area contributed by atoms with Gasteiger partial charge in [0, 0.05) is 31.3 Å². The third kappa shape index (κ3) is 3.77. The summed E-state index contributed by atoms with van der Waals surface area (Å²) in [7, 11) is 0. The van der Waals surface area contributed by atoms with Gasteiger partial charge < -0.3 is 10.2 Å². The fourth-order valence-corrected chi connectivity index (χ4v) is 3.96. The highest BCUT2D eigenvalue weighted by molar-refractivity contribution is 7.71. The second-order valence-electron chi connectivity index (χ2n) is 7.24. The molecule has 28 heavy (non-hydrogen) atoms. The van der Waals surface area contributed by atoms with Crippen molar-refractivity contribution < 1.29 is 9.72 Å². The third-order valence-corrected chi connectivity index (χ3v) is 5.52. The Morgan fingerprint density at radius 3 is 2.75 bits per heavy atom. The maximum absolute atomic E-state index is 12.9. The van der Waals surface area contributed by atoms with E-state index in [1.54, 1.807) is 6.07 Å². The number of aromatic amines is 1. The normalized spacial score (nSPS) is 16.8. The molecule has 4 rings (SSSR count). The summed E-state index contributed by atoms with van der Waals surface area (Å²) in [6.45, 7) is 1.90. The standard InChI is InChI=1S/C18H22N6O3S/c25-17(19-11-16-20-21-18(28)23(16)12-4-5-12)14-10-13(24(26)27)6-7-15(14)22-8-2-1-3-9-22/h6-7,10,12H,1-5,8-9,11H2,(H,19,25)(H,21,28). The van der Waals surface area contributed by atoms with Gasteiger partial charge in [0.25, 0.3) is 11.6 Å². The number of carbonyl (C=O) groups excluding carboxylic acids is 1. The number of carbonyl (C=O) groups is 1. The van der Waals surface area contributed by atoms with Crippen molar-refractivity contribution in [2.45, 2.75) is 44.7 Å². The first-order valence-electron chi connectivity index (χ1n) is 9.52.